The molecule has 1 heterocycles. The molecule has 1 N–H and O–H groups in total. The summed E-state index contributed by atoms with van der Waals surface area (Å²) in [7, 11) is 3.11. The predicted molar refractivity (Wildman–Crippen MR) is 124 cm³/mol. The highest BCUT2D eigenvalue weighted by Crippen LogP contribution is 2.56. The van der Waals surface area contributed by atoms with E-state index in [1.54, 1.807) is 26.4 Å². The second-order valence-electron chi connectivity index (χ2n) is 9.48. The SMILES string of the molecule is COc1ccc(-c2cccc3c2COC3=O)c(OC(C2CCCCC2)C2(C(=O)O)CC2)c1OC. The van der Waals surface area contributed by atoms with Gasteiger partial charge in [-0.25, -0.2) is 4.79 Å². The maximum atomic E-state index is 12.4. The van der Waals surface area contributed by atoms with Crippen LogP contribution in [0.2, 0.25) is 0 Å². The third kappa shape index (κ3) is 3.67. The van der Waals surface area contributed by atoms with Gasteiger partial charge in [0, 0.05) is 11.1 Å². The number of carboxylic acid groups (broad SMARTS) is 1. The quantitative estimate of drug-likeness (QED) is 0.533. The molecular formula is C27H30O7. The van der Waals surface area contributed by atoms with Crippen LogP contribution in [0.5, 0.6) is 17.2 Å². The highest BCUT2D eigenvalue weighted by atomic mass is 16.5. The first-order valence-corrected chi connectivity index (χ1v) is 11.9. The minimum atomic E-state index is -0.884. The van der Waals surface area contributed by atoms with Gasteiger partial charge in [0.2, 0.25) is 5.75 Å². The second kappa shape index (κ2) is 8.85. The van der Waals surface area contributed by atoms with Crippen molar-refractivity contribution < 1.29 is 33.6 Å². The van der Waals surface area contributed by atoms with E-state index < -0.39 is 17.5 Å². The average Bonchev–Trinajstić information content (AvgIpc) is 3.59. The van der Waals surface area contributed by atoms with E-state index in [1.807, 2.05) is 18.2 Å². The molecule has 34 heavy (non-hydrogen) atoms. The molecule has 0 spiro atoms. The van der Waals surface area contributed by atoms with E-state index >= 15 is 0 Å². The Morgan fingerprint density at radius 3 is 2.38 bits per heavy atom. The smallest absolute Gasteiger partial charge is 0.338 e. The van der Waals surface area contributed by atoms with Gasteiger partial charge >= 0.3 is 11.9 Å². The summed E-state index contributed by atoms with van der Waals surface area (Å²) in [6.07, 6.45) is 5.96. The van der Waals surface area contributed by atoms with Crippen LogP contribution in [0, 0.1) is 11.3 Å². The van der Waals surface area contributed by atoms with E-state index in [2.05, 4.69) is 0 Å². The summed E-state index contributed by atoms with van der Waals surface area (Å²) in [6, 6.07) is 9.18. The normalized spacial score (nSPS) is 19.6. The molecule has 2 aliphatic carbocycles. The van der Waals surface area contributed by atoms with Crippen molar-refractivity contribution in [1.82, 2.24) is 0 Å². The number of rotatable bonds is 8. The summed E-state index contributed by atoms with van der Waals surface area (Å²) < 4.78 is 23.4. The Kier molecular flexibility index (Phi) is 5.88. The van der Waals surface area contributed by atoms with Crippen molar-refractivity contribution in [2.75, 3.05) is 14.2 Å². The number of hydrogen-bond acceptors (Lipinski definition) is 6. The minimum Gasteiger partial charge on any atom is -0.493 e. The molecule has 2 aromatic carbocycles. The zero-order chi connectivity index (χ0) is 23.9. The molecule has 0 aromatic heterocycles. The van der Waals surface area contributed by atoms with Gasteiger partial charge < -0.3 is 24.1 Å². The molecule has 2 fully saturated rings. The lowest BCUT2D eigenvalue weighted by molar-refractivity contribution is -0.149. The number of fused-ring (bicyclic) bond motifs is 1. The summed E-state index contributed by atoms with van der Waals surface area (Å²) in [5.74, 6) is 0.391. The van der Waals surface area contributed by atoms with Crippen LogP contribution in [-0.4, -0.2) is 37.4 Å². The van der Waals surface area contributed by atoms with Crippen molar-refractivity contribution in [3.8, 4) is 28.4 Å². The lowest BCUT2D eigenvalue weighted by Crippen LogP contribution is -2.41. The molecule has 180 valence electrons. The predicted octanol–water partition coefficient (Wildman–Crippen LogP) is 5.23. The van der Waals surface area contributed by atoms with Crippen LogP contribution in [0.15, 0.2) is 30.3 Å². The van der Waals surface area contributed by atoms with Crippen LogP contribution in [0.25, 0.3) is 11.1 Å². The number of carboxylic acids is 1. The van der Waals surface area contributed by atoms with Gasteiger partial charge in [0.25, 0.3) is 0 Å². The average molecular weight is 467 g/mol. The van der Waals surface area contributed by atoms with Crippen molar-refractivity contribution in [1.29, 1.82) is 0 Å². The van der Waals surface area contributed by atoms with Gasteiger partial charge in [-0.2, -0.15) is 0 Å². The summed E-state index contributed by atoms with van der Waals surface area (Å²) in [4.78, 5) is 24.6. The summed E-state index contributed by atoms with van der Waals surface area (Å²) >= 11 is 0. The van der Waals surface area contributed by atoms with E-state index in [0.717, 1.165) is 42.4 Å². The van der Waals surface area contributed by atoms with Gasteiger partial charge in [0.05, 0.1) is 19.8 Å². The van der Waals surface area contributed by atoms with Gasteiger partial charge in [0.1, 0.15) is 18.1 Å². The maximum absolute atomic E-state index is 12.4. The highest BCUT2D eigenvalue weighted by Gasteiger charge is 2.60. The Bertz CT molecular complexity index is 1110. The van der Waals surface area contributed by atoms with Crippen molar-refractivity contribution in [2.45, 2.75) is 57.7 Å². The van der Waals surface area contributed by atoms with E-state index in [0.29, 0.717) is 35.7 Å². The van der Waals surface area contributed by atoms with Crippen molar-refractivity contribution in [2.24, 2.45) is 11.3 Å². The van der Waals surface area contributed by atoms with Gasteiger partial charge in [-0.05, 0) is 55.4 Å². The fourth-order valence-corrected chi connectivity index (χ4v) is 5.61. The molecule has 0 saturated heterocycles. The molecule has 0 radical (unpaired) electrons. The van der Waals surface area contributed by atoms with Gasteiger partial charge in [0.15, 0.2) is 11.5 Å². The van der Waals surface area contributed by atoms with Crippen LogP contribution in [0.3, 0.4) is 0 Å². The first-order chi connectivity index (χ1) is 16.5. The van der Waals surface area contributed by atoms with Gasteiger partial charge in [-0.15, -0.1) is 0 Å². The fraction of sp³-hybridized carbons (Fsp3) is 0.481. The minimum absolute atomic E-state index is 0.155. The van der Waals surface area contributed by atoms with E-state index in [1.165, 1.54) is 6.42 Å². The van der Waals surface area contributed by atoms with Crippen LogP contribution >= 0.6 is 0 Å². The number of carbonyl (C=O) groups is 2. The molecule has 2 saturated carbocycles. The number of methoxy groups -OCH3 is 2. The maximum Gasteiger partial charge on any atom is 0.338 e. The van der Waals surface area contributed by atoms with Gasteiger partial charge in [-0.3, -0.25) is 4.79 Å². The molecule has 2 aromatic rings. The topological polar surface area (TPSA) is 91.3 Å². The molecule has 0 bridgehead atoms. The third-order valence-corrected chi connectivity index (χ3v) is 7.62. The number of cyclic esters (lactones) is 1. The van der Waals surface area contributed by atoms with Crippen molar-refractivity contribution in [3.63, 3.8) is 0 Å². The molecule has 3 aliphatic rings. The Morgan fingerprint density at radius 2 is 1.74 bits per heavy atom. The standard InChI is InChI=1S/C27H30O7/c1-31-21-12-11-18(17-9-6-10-19-20(17)15-33-25(19)28)22(23(21)32-2)34-24(16-7-4-3-5-8-16)27(13-14-27)26(29)30/h6,9-12,16,24H,3-5,7-8,13-15H2,1-2H3,(H,29,30). The van der Waals surface area contributed by atoms with Crippen LogP contribution in [0.1, 0.15) is 60.9 Å². The number of hydrogen-bond donors (Lipinski definition) is 1. The zero-order valence-corrected chi connectivity index (χ0v) is 19.6. The molecule has 1 aliphatic heterocycles. The van der Waals surface area contributed by atoms with E-state index in [4.69, 9.17) is 18.9 Å². The van der Waals surface area contributed by atoms with Crippen molar-refractivity contribution in [3.05, 3.63) is 41.5 Å². The van der Waals surface area contributed by atoms with Gasteiger partial charge in [-0.1, -0.05) is 31.4 Å². The summed E-state index contributed by atoms with van der Waals surface area (Å²) in [5, 5.41) is 10.2. The lowest BCUT2D eigenvalue weighted by atomic mass is 9.78. The van der Waals surface area contributed by atoms with Crippen LogP contribution in [-0.2, 0) is 16.1 Å². The fourth-order valence-electron chi connectivity index (χ4n) is 5.61. The number of benzene rings is 2. The molecule has 5 rings (SSSR count). The Labute approximate surface area is 199 Å². The Morgan fingerprint density at radius 1 is 1.00 bits per heavy atom. The monoisotopic (exact) mass is 466 g/mol. The molecule has 7 heteroatoms. The summed E-state index contributed by atoms with van der Waals surface area (Å²) in [5.41, 5.74) is 1.98. The second-order valence-corrected chi connectivity index (χ2v) is 9.48. The first kappa shape index (κ1) is 22.6. The highest BCUT2D eigenvalue weighted by molar-refractivity contribution is 5.96. The third-order valence-electron chi connectivity index (χ3n) is 7.62. The van der Waals surface area contributed by atoms with Crippen LogP contribution < -0.4 is 14.2 Å². The molecule has 1 atom stereocenters. The molecular weight excluding hydrogens is 436 g/mol. The molecule has 0 amide bonds. The van der Waals surface area contributed by atoms with Crippen LogP contribution in [0.4, 0.5) is 0 Å². The Balaban J connectivity index is 1.65. The number of esters is 1. The first-order valence-electron chi connectivity index (χ1n) is 11.9. The van der Waals surface area contributed by atoms with Crippen molar-refractivity contribution >= 4 is 11.9 Å². The molecule has 7 nitrogen and oxygen atoms in total. The lowest BCUT2D eigenvalue weighted by Gasteiger charge is -2.35. The summed E-state index contributed by atoms with van der Waals surface area (Å²) in [6.45, 7) is 0.184. The number of aliphatic carboxylic acids is 1. The Hall–Kier alpha value is -3.22. The zero-order valence-electron chi connectivity index (χ0n) is 19.6. The van der Waals surface area contributed by atoms with E-state index in [-0.39, 0.29) is 18.5 Å². The molecule has 1 unspecified atom stereocenters. The largest absolute Gasteiger partial charge is 0.493 e. The number of ether oxygens (including phenoxy) is 4. The van der Waals surface area contributed by atoms with E-state index in [9.17, 15) is 14.7 Å². The number of carbonyl (C=O) groups excluding carboxylic acids is 1.